The second-order valence-electron chi connectivity index (χ2n) is 10.8. The smallest absolute Gasteiger partial charge is 0.147 e. The van der Waals surface area contributed by atoms with Gasteiger partial charge in [-0.05, 0) is 63.6 Å². The Kier molecular flexibility index (Phi) is 4.75. The van der Waals surface area contributed by atoms with Gasteiger partial charge in [-0.2, -0.15) is 5.10 Å². The highest BCUT2D eigenvalue weighted by Crippen LogP contribution is 2.48. The molecule has 1 aromatic carbocycles. The first-order valence-electron chi connectivity index (χ1n) is 12.1. The molecule has 2 N–H and O–H groups in total. The van der Waals surface area contributed by atoms with Gasteiger partial charge in [-0.15, -0.1) is 0 Å². The molecular weight excluding hydrogens is 431 g/mol. The number of phenols is 1. The summed E-state index contributed by atoms with van der Waals surface area (Å²) in [7, 11) is 1.86. The molecule has 178 valence electrons. The maximum absolute atomic E-state index is 15.8. The van der Waals surface area contributed by atoms with Crippen LogP contribution in [0.5, 0.6) is 5.75 Å². The van der Waals surface area contributed by atoms with E-state index in [2.05, 4.69) is 27.2 Å². The largest absolute Gasteiger partial charge is 0.507 e. The molecule has 6 rings (SSSR count). The van der Waals surface area contributed by atoms with Gasteiger partial charge in [0.25, 0.3) is 0 Å². The molecular formula is C26H31FN6O. The monoisotopic (exact) mass is 462 g/mol. The van der Waals surface area contributed by atoms with E-state index in [-0.39, 0.29) is 17.3 Å². The Balaban J connectivity index is 1.28. The Hall–Kier alpha value is -3.00. The summed E-state index contributed by atoms with van der Waals surface area (Å²) in [5, 5.41) is 18.5. The van der Waals surface area contributed by atoms with E-state index in [1.807, 2.05) is 32.3 Å². The summed E-state index contributed by atoms with van der Waals surface area (Å²) >= 11 is 0. The number of anilines is 1. The maximum Gasteiger partial charge on any atom is 0.147 e. The highest BCUT2D eigenvalue weighted by molar-refractivity contribution is 5.73. The van der Waals surface area contributed by atoms with Crippen LogP contribution in [0.4, 0.5) is 10.2 Å². The molecule has 3 aliphatic rings. The van der Waals surface area contributed by atoms with Crippen LogP contribution in [0.2, 0.25) is 0 Å². The Morgan fingerprint density at radius 3 is 2.59 bits per heavy atom. The number of fused-ring (bicyclic) bond motifs is 2. The van der Waals surface area contributed by atoms with Crippen LogP contribution in [0.1, 0.15) is 46.0 Å². The highest BCUT2D eigenvalue weighted by atomic mass is 19.1. The molecule has 4 heterocycles. The minimum absolute atomic E-state index is 0.0374. The third kappa shape index (κ3) is 3.55. The van der Waals surface area contributed by atoms with Crippen molar-refractivity contribution in [3.05, 3.63) is 43.0 Å². The Morgan fingerprint density at radius 2 is 1.94 bits per heavy atom. The molecule has 2 bridgehead atoms. The lowest BCUT2D eigenvalue weighted by atomic mass is 9.82. The van der Waals surface area contributed by atoms with E-state index in [9.17, 15) is 5.11 Å². The van der Waals surface area contributed by atoms with E-state index in [0.29, 0.717) is 17.3 Å². The zero-order chi connectivity index (χ0) is 23.7. The van der Waals surface area contributed by atoms with Crippen LogP contribution in [0, 0.1) is 0 Å². The predicted octanol–water partition coefficient (Wildman–Crippen LogP) is 4.23. The fraction of sp³-hybridized carbons (Fsp3) is 0.500. The third-order valence-electron chi connectivity index (χ3n) is 7.90. The number of nitrogens with one attached hydrogen (secondary N) is 1. The molecule has 3 fully saturated rings. The number of piperidine rings is 1. The Labute approximate surface area is 199 Å². The molecule has 2 aliphatic heterocycles. The first-order chi connectivity index (χ1) is 16.2. The van der Waals surface area contributed by atoms with Crippen molar-refractivity contribution in [3.63, 3.8) is 0 Å². The van der Waals surface area contributed by atoms with Crippen molar-refractivity contribution in [1.29, 1.82) is 0 Å². The number of aromatic hydroxyl groups is 1. The molecule has 2 aromatic heterocycles. The Bertz CT molecular complexity index is 1220. The molecule has 0 spiro atoms. The van der Waals surface area contributed by atoms with Gasteiger partial charge in [0.15, 0.2) is 0 Å². The summed E-state index contributed by atoms with van der Waals surface area (Å²) < 4.78 is 17.5. The van der Waals surface area contributed by atoms with Gasteiger partial charge in [0.1, 0.15) is 17.7 Å². The quantitative estimate of drug-likeness (QED) is 0.591. The number of hydrogen-bond acceptors (Lipinski definition) is 6. The van der Waals surface area contributed by atoms with Crippen LogP contribution in [0.25, 0.3) is 22.4 Å². The van der Waals surface area contributed by atoms with E-state index < -0.39 is 11.7 Å². The zero-order valence-corrected chi connectivity index (χ0v) is 19.9. The standard InChI is InChI=1S/C26H31FN6O/c1-25-8-9-26(2,31-25)24(27)21(11-25)33(18-5-6-18)23-14-28-20(13-29-23)19-7-4-16(10-22(19)34)17-12-30-32(3)15-17/h4,7,10,12-15,18,21,24,31,34H,5-6,8-9,11H2,1-3H3/t21-,24-,25-,26+/m0/s1. The van der Waals surface area contributed by atoms with Crippen molar-refractivity contribution in [2.75, 3.05) is 4.90 Å². The first-order valence-corrected chi connectivity index (χ1v) is 12.1. The summed E-state index contributed by atoms with van der Waals surface area (Å²) in [5.41, 5.74) is 2.51. The second-order valence-corrected chi connectivity index (χ2v) is 10.8. The van der Waals surface area contributed by atoms with E-state index in [1.165, 1.54) is 0 Å². The molecule has 1 saturated carbocycles. The normalized spacial score (nSPS) is 30.5. The molecule has 7 nitrogen and oxygen atoms in total. The lowest BCUT2D eigenvalue weighted by molar-refractivity contribution is 0.0832. The van der Waals surface area contributed by atoms with Gasteiger partial charge in [-0.3, -0.25) is 9.67 Å². The number of nitrogens with zero attached hydrogens (tertiary/aromatic N) is 5. The Morgan fingerprint density at radius 1 is 1.12 bits per heavy atom. The SMILES string of the molecule is Cn1cc(-c2ccc(-c3cnc(N(C4CC4)[C@H]4C[C@]5(C)CC[C@@](C)(N5)[C@H]4F)cn3)c(O)c2)cn1. The van der Waals surface area contributed by atoms with Crippen LogP contribution in [0.3, 0.4) is 0 Å². The second kappa shape index (κ2) is 7.50. The van der Waals surface area contributed by atoms with Crippen molar-refractivity contribution in [1.82, 2.24) is 25.1 Å². The minimum atomic E-state index is -0.964. The van der Waals surface area contributed by atoms with Crippen molar-refractivity contribution in [3.8, 4) is 28.1 Å². The van der Waals surface area contributed by atoms with Gasteiger partial charge in [0.05, 0.1) is 30.3 Å². The molecule has 4 atom stereocenters. The topological polar surface area (TPSA) is 79.1 Å². The lowest BCUT2D eigenvalue weighted by Gasteiger charge is -2.48. The summed E-state index contributed by atoms with van der Waals surface area (Å²) in [5.74, 6) is 0.862. The average Bonchev–Trinajstić information content (AvgIpc) is 3.48. The van der Waals surface area contributed by atoms with E-state index in [4.69, 9.17) is 4.98 Å². The van der Waals surface area contributed by atoms with Gasteiger partial charge < -0.3 is 15.3 Å². The fourth-order valence-corrected chi connectivity index (χ4v) is 6.01. The van der Waals surface area contributed by atoms with Gasteiger partial charge >= 0.3 is 0 Å². The van der Waals surface area contributed by atoms with E-state index >= 15 is 4.39 Å². The minimum Gasteiger partial charge on any atom is -0.507 e. The number of hydrogen-bond donors (Lipinski definition) is 2. The van der Waals surface area contributed by atoms with Crippen molar-refractivity contribution < 1.29 is 9.50 Å². The summed E-state index contributed by atoms with van der Waals surface area (Å²) in [6, 6.07) is 5.62. The molecule has 34 heavy (non-hydrogen) atoms. The maximum atomic E-state index is 15.8. The van der Waals surface area contributed by atoms with Crippen LogP contribution >= 0.6 is 0 Å². The number of alkyl halides is 1. The number of aryl methyl sites for hydroxylation is 1. The van der Waals surface area contributed by atoms with E-state index in [1.54, 1.807) is 29.3 Å². The van der Waals surface area contributed by atoms with Gasteiger partial charge in [0, 0.05) is 41.5 Å². The molecule has 0 amide bonds. The molecule has 3 aromatic rings. The fourth-order valence-electron chi connectivity index (χ4n) is 6.01. The number of aromatic nitrogens is 4. The van der Waals surface area contributed by atoms with Crippen LogP contribution in [-0.2, 0) is 7.05 Å². The van der Waals surface area contributed by atoms with Gasteiger partial charge in [-0.1, -0.05) is 6.07 Å². The van der Waals surface area contributed by atoms with Crippen molar-refractivity contribution in [2.45, 2.75) is 75.3 Å². The number of halogens is 1. The summed E-state index contributed by atoms with van der Waals surface area (Å²) in [6.45, 7) is 4.24. The van der Waals surface area contributed by atoms with Crippen molar-refractivity contribution >= 4 is 5.82 Å². The number of rotatable bonds is 5. The first kappa shape index (κ1) is 21.5. The average molecular weight is 463 g/mol. The zero-order valence-electron chi connectivity index (χ0n) is 19.9. The van der Waals surface area contributed by atoms with Crippen molar-refractivity contribution in [2.24, 2.45) is 7.05 Å². The predicted molar refractivity (Wildman–Crippen MR) is 129 cm³/mol. The molecule has 0 radical (unpaired) electrons. The molecule has 2 saturated heterocycles. The van der Waals surface area contributed by atoms with Crippen LogP contribution < -0.4 is 10.2 Å². The highest BCUT2D eigenvalue weighted by Gasteiger charge is 2.58. The third-order valence-corrected chi connectivity index (χ3v) is 7.90. The van der Waals surface area contributed by atoms with Crippen LogP contribution in [0.15, 0.2) is 43.0 Å². The van der Waals surface area contributed by atoms with E-state index in [0.717, 1.165) is 49.0 Å². The van der Waals surface area contributed by atoms with Gasteiger partial charge in [0.2, 0.25) is 0 Å². The number of benzene rings is 1. The molecule has 1 aliphatic carbocycles. The lowest BCUT2D eigenvalue weighted by Crippen LogP contribution is -2.66. The summed E-state index contributed by atoms with van der Waals surface area (Å²) in [6.07, 6.45) is 10.9. The molecule has 8 heteroatoms. The summed E-state index contributed by atoms with van der Waals surface area (Å²) in [4.78, 5) is 11.5. The van der Waals surface area contributed by atoms with Crippen LogP contribution in [-0.4, -0.2) is 54.2 Å². The van der Waals surface area contributed by atoms with Gasteiger partial charge in [-0.25, -0.2) is 9.37 Å². The molecule has 0 unspecified atom stereocenters. The number of phenolic OH excluding ortho intramolecular Hbond substituents is 1.